The quantitative estimate of drug-likeness (QED) is 0.866. The van der Waals surface area contributed by atoms with Crippen molar-refractivity contribution in [1.29, 1.82) is 0 Å². The van der Waals surface area contributed by atoms with Crippen molar-refractivity contribution in [3.8, 4) is 0 Å². The molecular formula is C14H15BrN2O2. The third-order valence-corrected chi connectivity index (χ3v) is 3.33. The molecule has 19 heavy (non-hydrogen) atoms. The zero-order valence-corrected chi connectivity index (χ0v) is 12.3. The van der Waals surface area contributed by atoms with Gasteiger partial charge in [0.2, 0.25) is 0 Å². The molecule has 1 heterocycles. The zero-order chi connectivity index (χ0) is 13.8. The average Bonchev–Trinajstić information content (AvgIpc) is 2.38. The van der Waals surface area contributed by atoms with Crippen molar-refractivity contribution >= 4 is 15.9 Å². The van der Waals surface area contributed by atoms with Crippen molar-refractivity contribution in [3.63, 3.8) is 0 Å². The molecule has 1 aromatic carbocycles. The molecule has 4 nitrogen and oxygen atoms in total. The fourth-order valence-electron chi connectivity index (χ4n) is 1.93. The van der Waals surface area contributed by atoms with Gasteiger partial charge in [0.1, 0.15) is 0 Å². The summed E-state index contributed by atoms with van der Waals surface area (Å²) in [7, 11) is 0. The SMILES string of the molecule is CCCn1ccc(=O)n(Cc2cccc(Br)c2)c1=O. The maximum atomic E-state index is 12.2. The zero-order valence-electron chi connectivity index (χ0n) is 10.7. The number of rotatable bonds is 4. The second kappa shape index (κ2) is 6.02. The Morgan fingerprint density at radius 2 is 2.00 bits per heavy atom. The Morgan fingerprint density at radius 1 is 1.21 bits per heavy atom. The Labute approximate surface area is 119 Å². The Bertz CT molecular complexity index is 688. The minimum Gasteiger partial charge on any atom is -0.300 e. The lowest BCUT2D eigenvalue weighted by molar-refractivity contribution is 0.570. The summed E-state index contributed by atoms with van der Waals surface area (Å²) in [4.78, 5) is 24.0. The summed E-state index contributed by atoms with van der Waals surface area (Å²) >= 11 is 3.38. The molecule has 0 aliphatic carbocycles. The van der Waals surface area contributed by atoms with Crippen molar-refractivity contribution in [2.24, 2.45) is 0 Å². The van der Waals surface area contributed by atoms with E-state index in [0.717, 1.165) is 16.5 Å². The molecule has 0 fully saturated rings. The smallest absolute Gasteiger partial charge is 0.300 e. The molecule has 0 saturated heterocycles. The molecule has 0 aliphatic heterocycles. The summed E-state index contributed by atoms with van der Waals surface area (Å²) in [6, 6.07) is 9.04. The van der Waals surface area contributed by atoms with Crippen LogP contribution in [0.4, 0.5) is 0 Å². The van der Waals surface area contributed by atoms with Crippen LogP contribution >= 0.6 is 15.9 Å². The Balaban J connectivity index is 2.42. The van der Waals surface area contributed by atoms with Crippen LogP contribution in [0.5, 0.6) is 0 Å². The van der Waals surface area contributed by atoms with Crippen molar-refractivity contribution < 1.29 is 0 Å². The van der Waals surface area contributed by atoms with Gasteiger partial charge in [-0.3, -0.25) is 9.36 Å². The number of hydrogen-bond donors (Lipinski definition) is 0. The van der Waals surface area contributed by atoms with Gasteiger partial charge in [-0.15, -0.1) is 0 Å². The van der Waals surface area contributed by atoms with Gasteiger partial charge in [0.25, 0.3) is 5.56 Å². The van der Waals surface area contributed by atoms with Gasteiger partial charge in [0.15, 0.2) is 0 Å². The molecule has 0 aliphatic rings. The molecule has 0 spiro atoms. The predicted octanol–water partition coefficient (Wildman–Crippen LogP) is 2.23. The summed E-state index contributed by atoms with van der Waals surface area (Å²) in [5, 5.41) is 0. The van der Waals surface area contributed by atoms with Gasteiger partial charge in [0, 0.05) is 23.3 Å². The van der Waals surface area contributed by atoms with Gasteiger partial charge in [-0.25, -0.2) is 4.79 Å². The lowest BCUT2D eigenvalue weighted by Gasteiger charge is -2.09. The molecule has 0 unspecified atom stereocenters. The van der Waals surface area contributed by atoms with E-state index in [1.54, 1.807) is 10.8 Å². The van der Waals surface area contributed by atoms with Crippen LogP contribution in [0.1, 0.15) is 18.9 Å². The van der Waals surface area contributed by atoms with Crippen LogP contribution in [0.2, 0.25) is 0 Å². The number of aryl methyl sites for hydroxylation is 1. The Kier molecular flexibility index (Phi) is 4.37. The van der Waals surface area contributed by atoms with Crippen LogP contribution in [-0.4, -0.2) is 9.13 Å². The number of hydrogen-bond acceptors (Lipinski definition) is 2. The van der Waals surface area contributed by atoms with Crippen LogP contribution in [0, 0.1) is 0 Å². The van der Waals surface area contributed by atoms with E-state index < -0.39 is 0 Å². The highest BCUT2D eigenvalue weighted by Gasteiger charge is 2.05. The maximum absolute atomic E-state index is 12.2. The van der Waals surface area contributed by atoms with E-state index in [1.807, 2.05) is 31.2 Å². The molecule has 0 radical (unpaired) electrons. The van der Waals surface area contributed by atoms with Crippen LogP contribution in [0.15, 0.2) is 50.6 Å². The second-order valence-corrected chi connectivity index (χ2v) is 5.26. The first-order valence-electron chi connectivity index (χ1n) is 6.16. The standard InChI is InChI=1S/C14H15BrN2O2/c1-2-7-16-8-6-13(18)17(14(16)19)10-11-4-3-5-12(15)9-11/h3-6,8-9H,2,7,10H2,1H3. The molecular weight excluding hydrogens is 308 g/mol. The third kappa shape index (κ3) is 3.23. The maximum Gasteiger partial charge on any atom is 0.331 e. The van der Waals surface area contributed by atoms with Crippen LogP contribution in [0.3, 0.4) is 0 Å². The monoisotopic (exact) mass is 322 g/mol. The highest BCUT2D eigenvalue weighted by molar-refractivity contribution is 9.10. The number of halogens is 1. The fourth-order valence-corrected chi connectivity index (χ4v) is 2.38. The van der Waals surface area contributed by atoms with Crippen molar-refractivity contribution in [2.45, 2.75) is 26.4 Å². The molecule has 0 atom stereocenters. The first kappa shape index (κ1) is 13.8. The topological polar surface area (TPSA) is 44.0 Å². The largest absolute Gasteiger partial charge is 0.331 e. The van der Waals surface area contributed by atoms with E-state index in [1.165, 1.54) is 10.6 Å². The lowest BCUT2D eigenvalue weighted by atomic mass is 10.2. The predicted molar refractivity (Wildman–Crippen MR) is 78.5 cm³/mol. The Hall–Kier alpha value is -1.62. The van der Waals surface area contributed by atoms with Gasteiger partial charge >= 0.3 is 5.69 Å². The van der Waals surface area contributed by atoms with E-state index >= 15 is 0 Å². The fraction of sp³-hybridized carbons (Fsp3) is 0.286. The van der Waals surface area contributed by atoms with Gasteiger partial charge in [0.05, 0.1) is 6.54 Å². The van der Waals surface area contributed by atoms with Crippen molar-refractivity contribution in [1.82, 2.24) is 9.13 Å². The summed E-state index contributed by atoms with van der Waals surface area (Å²) in [6.45, 7) is 2.91. The molecule has 2 aromatic rings. The van der Waals surface area contributed by atoms with Crippen LogP contribution < -0.4 is 11.2 Å². The van der Waals surface area contributed by atoms with Gasteiger partial charge in [-0.05, 0) is 24.1 Å². The average molecular weight is 323 g/mol. The van der Waals surface area contributed by atoms with Crippen LogP contribution in [0.25, 0.3) is 0 Å². The Morgan fingerprint density at radius 3 is 2.68 bits per heavy atom. The van der Waals surface area contributed by atoms with Gasteiger partial charge in [-0.2, -0.15) is 0 Å². The summed E-state index contributed by atoms with van der Waals surface area (Å²) in [5.41, 5.74) is 0.398. The summed E-state index contributed by atoms with van der Waals surface area (Å²) in [6.07, 6.45) is 2.42. The first-order chi connectivity index (χ1) is 9.11. The minimum atomic E-state index is -0.266. The number of aromatic nitrogens is 2. The molecule has 0 amide bonds. The lowest BCUT2D eigenvalue weighted by Crippen LogP contribution is -2.39. The number of benzene rings is 1. The number of nitrogens with zero attached hydrogens (tertiary/aromatic N) is 2. The van der Waals surface area contributed by atoms with E-state index in [9.17, 15) is 9.59 Å². The van der Waals surface area contributed by atoms with Crippen LogP contribution in [-0.2, 0) is 13.1 Å². The molecule has 2 rings (SSSR count). The first-order valence-corrected chi connectivity index (χ1v) is 6.96. The highest BCUT2D eigenvalue weighted by atomic mass is 79.9. The van der Waals surface area contributed by atoms with E-state index in [2.05, 4.69) is 15.9 Å². The summed E-state index contributed by atoms with van der Waals surface area (Å²) in [5.74, 6) is 0. The normalized spacial score (nSPS) is 10.6. The second-order valence-electron chi connectivity index (χ2n) is 4.35. The van der Waals surface area contributed by atoms with E-state index in [-0.39, 0.29) is 11.2 Å². The third-order valence-electron chi connectivity index (χ3n) is 2.83. The van der Waals surface area contributed by atoms with Gasteiger partial charge < -0.3 is 4.57 Å². The minimum absolute atomic E-state index is 0.255. The van der Waals surface area contributed by atoms with Crippen molar-refractivity contribution in [3.05, 3.63) is 67.4 Å². The molecule has 0 saturated carbocycles. The van der Waals surface area contributed by atoms with E-state index in [4.69, 9.17) is 0 Å². The summed E-state index contributed by atoms with van der Waals surface area (Å²) < 4.78 is 3.76. The highest BCUT2D eigenvalue weighted by Crippen LogP contribution is 2.11. The molecule has 100 valence electrons. The molecule has 0 N–H and O–H groups in total. The van der Waals surface area contributed by atoms with Gasteiger partial charge in [-0.1, -0.05) is 35.0 Å². The molecule has 1 aromatic heterocycles. The van der Waals surface area contributed by atoms with Crippen molar-refractivity contribution in [2.75, 3.05) is 0 Å². The molecule has 5 heteroatoms. The van der Waals surface area contributed by atoms with E-state index in [0.29, 0.717) is 13.1 Å². The molecule has 0 bridgehead atoms.